The van der Waals surface area contributed by atoms with E-state index in [-0.39, 0.29) is 4.87 Å². The number of piperazine rings is 1. The Morgan fingerprint density at radius 3 is 3.00 bits per heavy atom. The van der Waals surface area contributed by atoms with Crippen LogP contribution in [0.1, 0.15) is 12.7 Å². The lowest BCUT2D eigenvalue weighted by Gasteiger charge is -2.47. The van der Waals surface area contributed by atoms with Crippen LogP contribution >= 0.6 is 21.6 Å². The predicted octanol–water partition coefficient (Wildman–Crippen LogP) is 1.70. The van der Waals surface area contributed by atoms with Gasteiger partial charge in [0.15, 0.2) is 0 Å². The molecule has 3 fully saturated rings. The lowest BCUT2D eigenvalue weighted by Crippen LogP contribution is -2.60. The minimum Gasteiger partial charge on any atom is -0.299 e. The Labute approximate surface area is 116 Å². The molecule has 0 saturated carbocycles. The van der Waals surface area contributed by atoms with Crippen LogP contribution in [0.25, 0.3) is 0 Å². The van der Waals surface area contributed by atoms with Gasteiger partial charge in [0, 0.05) is 37.3 Å². The third-order valence-corrected chi connectivity index (χ3v) is 6.94. The molecule has 2 unspecified atom stereocenters. The molecule has 0 aliphatic carbocycles. The van der Waals surface area contributed by atoms with Crippen molar-refractivity contribution in [2.24, 2.45) is 0 Å². The number of aromatic nitrogens is 2. The standard InChI is InChI=1S/C12H18N4S2/c1-12-9-15(2)10(8-17-18-12)6-16(12)7-11-13-4-3-5-14-11/h3-5,10H,6-9H2,1-2H3. The van der Waals surface area contributed by atoms with E-state index in [2.05, 4.69) is 33.7 Å². The second-order valence-corrected chi connectivity index (χ2v) is 7.98. The van der Waals surface area contributed by atoms with Gasteiger partial charge in [-0.2, -0.15) is 0 Å². The van der Waals surface area contributed by atoms with Gasteiger partial charge in [-0.3, -0.25) is 9.80 Å². The normalized spacial score (nSPS) is 33.6. The average molecular weight is 282 g/mol. The maximum absolute atomic E-state index is 4.35. The van der Waals surface area contributed by atoms with Gasteiger partial charge in [0.25, 0.3) is 0 Å². The van der Waals surface area contributed by atoms with Crippen molar-refractivity contribution in [1.82, 2.24) is 19.8 Å². The molecular weight excluding hydrogens is 264 g/mol. The minimum atomic E-state index is 0.172. The van der Waals surface area contributed by atoms with Crippen molar-refractivity contribution in [3.8, 4) is 0 Å². The summed E-state index contributed by atoms with van der Waals surface area (Å²) in [5, 5.41) is 0. The third-order valence-electron chi connectivity index (χ3n) is 3.72. The van der Waals surface area contributed by atoms with Crippen molar-refractivity contribution in [1.29, 1.82) is 0 Å². The molecule has 2 atom stereocenters. The SMILES string of the molecule is CN1CC2(C)SSCC1CN2Cc1ncccn1. The summed E-state index contributed by atoms with van der Waals surface area (Å²) >= 11 is 0. The van der Waals surface area contributed by atoms with Crippen molar-refractivity contribution in [2.45, 2.75) is 24.4 Å². The van der Waals surface area contributed by atoms with Crippen LogP contribution in [0.2, 0.25) is 0 Å². The number of rotatable bonds is 2. The van der Waals surface area contributed by atoms with E-state index in [4.69, 9.17) is 0 Å². The summed E-state index contributed by atoms with van der Waals surface area (Å²) in [4.78, 5) is 13.9. The monoisotopic (exact) mass is 282 g/mol. The first-order valence-electron chi connectivity index (χ1n) is 6.19. The molecule has 4 nitrogen and oxygen atoms in total. The summed E-state index contributed by atoms with van der Waals surface area (Å²) in [6.45, 7) is 5.42. The first-order chi connectivity index (χ1) is 8.67. The summed E-state index contributed by atoms with van der Waals surface area (Å²) in [7, 11) is 6.25. The first kappa shape index (κ1) is 12.7. The Hall–Kier alpha value is -0.300. The Morgan fingerprint density at radius 1 is 1.44 bits per heavy atom. The van der Waals surface area contributed by atoms with Crippen molar-refractivity contribution in [2.75, 3.05) is 25.9 Å². The fourth-order valence-electron chi connectivity index (χ4n) is 2.59. The van der Waals surface area contributed by atoms with E-state index in [1.807, 2.05) is 40.0 Å². The lowest BCUT2D eigenvalue weighted by atomic mass is 10.1. The van der Waals surface area contributed by atoms with Crippen molar-refractivity contribution < 1.29 is 0 Å². The molecule has 0 radical (unpaired) electrons. The zero-order chi connectivity index (χ0) is 12.6. The second kappa shape index (κ2) is 5.00. The molecule has 4 rings (SSSR count). The molecule has 1 aromatic rings. The molecule has 98 valence electrons. The van der Waals surface area contributed by atoms with Crippen LogP contribution in [0.3, 0.4) is 0 Å². The maximum Gasteiger partial charge on any atom is 0.142 e. The quantitative estimate of drug-likeness (QED) is 0.768. The van der Waals surface area contributed by atoms with E-state index in [1.54, 1.807) is 0 Å². The van der Waals surface area contributed by atoms with Gasteiger partial charge in [0.05, 0.1) is 11.4 Å². The van der Waals surface area contributed by atoms with Gasteiger partial charge < -0.3 is 0 Å². The first-order valence-corrected chi connectivity index (χ1v) is 8.51. The Balaban J connectivity index is 1.80. The van der Waals surface area contributed by atoms with E-state index in [9.17, 15) is 0 Å². The van der Waals surface area contributed by atoms with Gasteiger partial charge in [0.2, 0.25) is 0 Å². The minimum absolute atomic E-state index is 0.172. The third kappa shape index (κ3) is 2.39. The van der Waals surface area contributed by atoms with Gasteiger partial charge in [-0.1, -0.05) is 21.6 Å². The van der Waals surface area contributed by atoms with Crippen LogP contribution in [0.15, 0.2) is 18.5 Å². The van der Waals surface area contributed by atoms with E-state index in [1.165, 1.54) is 5.75 Å². The van der Waals surface area contributed by atoms with Crippen LogP contribution in [0.5, 0.6) is 0 Å². The molecule has 0 amide bonds. The van der Waals surface area contributed by atoms with Crippen molar-refractivity contribution in [3.63, 3.8) is 0 Å². The molecule has 18 heavy (non-hydrogen) atoms. The van der Waals surface area contributed by atoms with E-state index < -0.39 is 0 Å². The predicted molar refractivity (Wildman–Crippen MR) is 77.3 cm³/mol. The van der Waals surface area contributed by atoms with Crippen LogP contribution < -0.4 is 0 Å². The number of hydrogen-bond acceptors (Lipinski definition) is 6. The number of hydrogen-bond donors (Lipinski definition) is 0. The Bertz CT molecular complexity index is 416. The van der Waals surface area contributed by atoms with Crippen LogP contribution in [-0.2, 0) is 6.54 Å². The van der Waals surface area contributed by atoms with Crippen molar-refractivity contribution >= 4 is 21.6 Å². The second-order valence-electron chi connectivity index (χ2n) is 5.16. The summed E-state index contributed by atoms with van der Waals surface area (Å²) in [6.07, 6.45) is 3.66. The lowest BCUT2D eigenvalue weighted by molar-refractivity contribution is 0.0385. The zero-order valence-electron chi connectivity index (χ0n) is 10.7. The average Bonchev–Trinajstić information content (AvgIpc) is 2.59. The maximum atomic E-state index is 4.35. The topological polar surface area (TPSA) is 32.3 Å². The fourth-order valence-corrected chi connectivity index (χ4v) is 5.84. The van der Waals surface area contributed by atoms with E-state index >= 15 is 0 Å². The number of fused-ring (bicyclic) bond motifs is 4. The molecule has 2 bridgehead atoms. The van der Waals surface area contributed by atoms with Crippen molar-refractivity contribution in [3.05, 3.63) is 24.3 Å². The zero-order valence-corrected chi connectivity index (χ0v) is 12.4. The molecule has 0 N–H and O–H groups in total. The van der Waals surface area contributed by atoms with Crippen LogP contribution in [0.4, 0.5) is 0 Å². The number of nitrogens with zero attached hydrogens (tertiary/aromatic N) is 4. The summed E-state index contributed by atoms with van der Waals surface area (Å²) in [5.74, 6) is 2.14. The highest BCUT2D eigenvalue weighted by molar-refractivity contribution is 8.77. The Kier molecular flexibility index (Phi) is 3.53. The summed E-state index contributed by atoms with van der Waals surface area (Å²) in [6, 6.07) is 2.53. The van der Waals surface area contributed by atoms with Gasteiger partial charge >= 0.3 is 0 Å². The van der Waals surface area contributed by atoms with Crippen LogP contribution in [0, 0.1) is 0 Å². The molecule has 3 saturated heterocycles. The highest BCUT2D eigenvalue weighted by atomic mass is 33.1. The molecule has 1 aromatic heterocycles. The molecule has 0 aromatic carbocycles. The van der Waals surface area contributed by atoms with Gasteiger partial charge in [-0.05, 0) is 20.0 Å². The van der Waals surface area contributed by atoms with Gasteiger partial charge in [-0.25, -0.2) is 9.97 Å². The summed E-state index contributed by atoms with van der Waals surface area (Å²) < 4.78 is 0. The number of likely N-dealkylation sites (N-methyl/N-ethyl adjacent to an activating group) is 1. The highest BCUT2D eigenvalue weighted by Gasteiger charge is 2.44. The van der Waals surface area contributed by atoms with Gasteiger partial charge in [-0.15, -0.1) is 0 Å². The highest BCUT2D eigenvalue weighted by Crippen LogP contribution is 2.46. The molecule has 6 heteroatoms. The molecule has 0 spiro atoms. The molecule has 3 aliphatic heterocycles. The van der Waals surface area contributed by atoms with E-state index in [0.717, 1.165) is 25.5 Å². The largest absolute Gasteiger partial charge is 0.299 e. The smallest absolute Gasteiger partial charge is 0.142 e. The molecular formula is C12H18N4S2. The Morgan fingerprint density at radius 2 is 2.22 bits per heavy atom. The van der Waals surface area contributed by atoms with E-state index in [0.29, 0.717) is 6.04 Å². The van der Waals surface area contributed by atoms with Gasteiger partial charge in [0.1, 0.15) is 5.82 Å². The molecule has 3 aliphatic rings. The fraction of sp³-hybridized carbons (Fsp3) is 0.667. The molecule has 4 heterocycles. The summed E-state index contributed by atoms with van der Waals surface area (Å²) in [5.41, 5.74) is 0. The van der Waals surface area contributed by atoms with Crippen LogP contribution in [-0.4, -0.2) is 56.6 Å².